The van der Waals surface area contributed by atoms with Crippen LogP contribution in [-0.4, -0.2) is 12.1 Å². The first-order chi connectivity index (χ1) is 7.31. The third-order valence-electron chi connectivity index (χ3n) is 3.71. The molecule has 2 aliphatic rings. The minimum absolute atomic E-state index is 0.137. The van der Waals surface area contributed by atoms with Gasteiger partial charge in [0, 0.05) is 12.1 Å². The molecule has 1 aromatic carbocycles. The summed E-state index contributed by atoms with van der Waals surface area (Å²) in [7, 11) is 0. The summed E-state index contributed by atoms with van der Waals surface area (Å²) in [6, 6.07) is 8.18. The van der Waals surface area contributed by atoms with E-state index in [2.05, 4.69) is 0 Å². The normalized spacial score (nSPS) is 34.3. The van der Waals surface area contributed by atoms with Crippen LogP contribution in [0.2, 0.25) is 0 Å². The van der Waals surface area contributed by atoms with Gasteiger partial charge in [0.15, 0.2) is 0 Å². The molecule has 2 aliphatic heterocycles. The van der Waals surface area contributed by atoms with E-state index in [1.807, 2.05) is 12.1 Å². The molecule has 0 aromatic heterocycles. The molecule has 2 unspecified atom stereocenters. The quantitative estimate of drug-likeness (QED) is 0.668. The van der Waals surface area contributed by atoms with Crippen LogP contribution in [-0.2, 0) is 0 Å². The number of fused-ring (bicyclic) bond motifs is 2. The van der Waals surface area contributed by atoms with E-state index in [-0.39, 0.29) is 5.82 Å². The van der Waals surface area contributed by atoms with Crippen LogP contribution in [0.25, 0.3) is 0 Å². The van der Waals surface area contributed by atoms with Crippen LogP contribution in [0.3, 0.4) is 0 Å². The lowest BCUT2D eigenvalue weighted by atomic mass is 9.86. The summed E-state index contributed by atoms with van der Waals surface area (Å²) in [5.74, 6) is 0.475. The van der Waals surface area contributed by atoms with Crippen molar-refractivity contribution in [3.05, 3.63) is 35.6 Å². The zero-order valence-electron chi connectivity index (χ0n) is 8.70. The molecule has 0 spiro atoms. The Hall–Kier alpha value is -0.890. The molecule has 2 saturated heterocycles. The van der Waals surface area contributed by atoms with Gasteiger partial charge in [0.25, 0.3) is 0 Å². The van der Waals surface area contributed by atoms with Crippen LogP contribution < -0.4 is 5.32 Å². The van der Waals surface area contributed by atoms with E-state index in [1.54, 1.807) is 12.1 Å². The summed E-state index contributed by atoms with van der Waals surface area (Å²) in [5.41, 5.74) is 1.29. The molecule has 2 fully saturated rings. The van der Waals surface area contributed by atoms with Crippen molar-refractivity contribution >= 4 is 0 Å². The summed E-state index contributed by atoms with van der Waals surface area (Å²) in [4.78, 5) is 0. The van der Waals surface area contributed by atoms with Gasteiger partial charge < -0.3 is 0 Å². The predicted octanol–water partition coefficient (Wildman–Crippen LogP) is 2.84. The summed E-state index contributed by atoms with van der Waals surface area (Å²) in [6.07, 6.45) is 4.87. The van der Waals surface area contributed by atoms with Crippen molar-refractivity contribution in [3.63, 3.8) is 0 Å². The molecule has 0 amide bonds. The molecule has 79 valence electrons. The SMILES string of the molecule is Fc1ccc(C2CC3CCC(C2)[N]3)cc1. The van der Waals surface area contributed by atoms with E-state index < -0.39 is 0 Å². The molecule has 2 bridgehead atoms. The Balaban J connectivity index is 1.80. The number of halogens is 1. The Morgan fingerprint density at radius 2 is 1.60 bits per heavy atom. The number of hydrogen-bond acceptors (Lipinski definition) is 0. The maximum atomic E-state index is 12.8. The van der Waals surface area contributed by atoms with Crippen molar-refractivity contribution < 1.29 is 4.39 Å². The molecule has 1 nitrogen and oxygen atoms in total. The van der Waals surface area contributed by atoms with Gasteiger partial charge in [-0.1, -0.05) is 12.1 Å². The lowest BCUT2D eigenvalue weighted by Gasteiger charge is -2.27. The topological polar surface area (TPSA) is 14.1 Å². The highest BCUT2D eigenvalue weighted by atomic mass is 19.1. The zero-order valence-corrected chi connectivity index (χ0v) is 8.70. The first-order valence-corrected chi connectivity index (χ1v) is 5.76. The number of rotatable bonds is 1. The van der Waals surface area contributed by atoms with Crippen molar-refractivity contribution in [2.75, 3.05) is 0 Å². The van der Waals surface area contributed by atoms with E-state index in [0.29, 0.717) is 18.0 Å². The highest BCUT2D eigenvalue weighted by molar-refractivity contribution is 5.22. The minimum Gasteiger partial charge on any atom is -0.235 e. The summed E-state index contributed by atoms with van der Waals surface area (Å²) in [6.45, 7) is 0. The fraction of sp³-hybridized carbons (Fsp3) is 0.538. The second kappa shape index (κ2) is 3.60. The van der Waals surface area contributed by atoms with E-state index in [0.717, 1.165) is 0 Å². The Morgan fingerprint density at radius 1 is 1.00 bits per heavy atom. The van der Waals surface area contributed by atoms with Gasteiger partial charge in [-0.05, 0) is 49.3 Å². The largest absolute Gasteiger partial charge is 0.235 e. The Morgan fingerprint density at radius 3 is 2.20 bits per heavy atom. The van der Waals surface area contributed by atoms with Crippen molar-refractivity contribution in [1.29, 1.82) is 0 Å². The first kappa shape index (κ1) is 9.34. The monoisotopic (exact) mass is 204 g/mol. The van der Waals surface area contributed by atoms with Gasteiger partial charge in [-0.3, -0.25) is 0 Å². The fourth-order valence-electron chi connectivity index (χ4n) is 2.95. The van der Waals surface area contributed by atoms with Crippen LogP contribution >= 0.6 is 0 Å². The molecule has 2 heterocycles. The number of nitrogens with zero attached hydrogens (tertiary/aromatic N) is 1. The predicted molar refractivity (Wildman–Crippen MR) is 57.3 cm³/mol. The zero-order chi connectivity index (χ0) is 10.3. The van der Waals surface area contributed by atoms with E-state index in [9.17, 15) is 4.39 Å². The lowest BCUT2D eigenvalue weighted by Crippen LogP contribution is -2.31. The van der Waals surface area contributed by atoms with Gasteiger partial charge >= 0.3 is 0 Å². The number of piperidine rings is 1. The second-order valence-corrected chi connectivity index (χ2v) is 4.75. The fourth-order valence-corrected chi connectivity index (χ4v) is 2.95. The molecular weight excluding hydrogens is 189 g/mol. The molecule has 0 aliphatic carbocycles. The molecular formula is C13H15FN. The molecule has 1 aromatic rings. The molecule has 2 atom stereocenters. The van der Waals surface area contributed by atoms with E-state index >= 15 is 0 Å². The number of hydrogen-bond donors (Lipinski definition) is 0. The summed E-state index contributed by atoms with van der Waals surface area (Å²) < 4.78 is 12.8. The van der Waals surface area contributed by atoms with Crippen LogP contribution in [0.4, 0.5) is 4.39 Å². The van der Waals surface area contributed by atoms with Gasteiger partial charge in [-0.25, -0.2) is 9.71 Å². The van der Waals surface area contributed by atoms with Gasteiger partial charge in [0.05, 0.1) is 0 Å². The highest BCUT2D eigenvalue weighted by Crippen LogP contribution is 2.38. The maximum absolute atomic E-state index is 12.8. The van der Waals surface area contributed by atoms with Crippen molar-refractivity contribution in [2.24, 2.45) is 0 Å². The molecule has 15 heavy (non-hydrogen) atoms. The Bertz CT molecular complexity index is 334. The molecule has 2 heteroatoms. The third kappa shape index (κ3) is 1.78. The highest BCUT2D eigenvalue weighted by Gasteiger charge is 2.35. The Labute approximate surface area is 89.7 Å². The molecule has 1 radical (unpaired) electrons. The molecule has 0 N–H and O–H groups in total. The number of benzene rings is 1. The standard InChI is InChI=1S/C13H15FN/c14-11-3-1-9(2-4-11)10-7-12-5-6-13(8-10)15-12/h1-4,10,12-13H,5-8H2. The minimum atomic E-state index is -0.137. The van der Waals surface area contributed by atoms with Crippen LogP contribution in [0.5, 0.6) is 0 Å². The first-order valence-electron chi connectivity index (χ1n) is 5.76. The second-order valence-electron chi connectivity index (χ2n) is 4.75. The Kier molecular flexibility index (Phi) is 2.24. The average molecular weight is 204 g/mol. The van der Waals surface area contributed by atoms with Gasteiger partial charge in [-0.15, -0.1) is 0 Å². The molecule has 3 rings (SSSR count). The van der Waals surface area contributed by atoms with Crippen molar-refractivity contribution in [3.8, 4) is 0 Å². The average Bonchev–Trinajstić information content (AvgIpc) is 2.59. The molecule has 0 saturated carbocycles. The van der Waals surface area contributed by atoms with Crippen LogP contribution in [0.1, 0.15) is 37.2 Å². The van der Waals surface area contributed by atoms with Crippen molar-refractivity contribution in [2.45, 2.75) is 43.7 Å². The summed E-state index contributed by atoms with van der Waals surface area (Å²) in [5, 5.41) is 4.71. The van der Waals surface area contributed by atoms with Crippen LogP contribution in [0, 0.1) is 5.82 Å². The maximum Gasteiger partial charge on any atom is 0.123 e. The lowest BCUT2D eigenvalue weighted by molar-refractivity contribution is 0.355. The van der Waals surface area contributed by atoms with E-state index in [4.69, 9.17) is 5.32 Å². The third-order valence-corrected chi connectivity index (χ3v) is 3.71. The van der Waals surface area contributed by atoms with Crippen LogP contribution in [0.15, 0.2) is 24.3 Å². The smallest absolute Gasteiger partial charge is 0.123 e. The van der Waals surface area contributed by atoms with Gasteiger partial charge in [0.2, 0.25) is 0 Å². The van der Waals surface area contributed by atoms with Gasteiger partial charge in [0.1, 0.15) is 5.82 Å². The summed E-state index contributed by atoms with van der Waals surface area (Å²) >= 11 is 0. The van der Waals surface area contributed by atoms with E-state index in [1.165, 1.54) is 31.2 Å². The van der Waals surface area contributed by atoms with Gasteiger partial charge in [-0.2, -0.15) is 0 Å². The van der Waals surface area contributed by atoms with Crippen molar-refractivity contribution in [1.82, 2.24) is 5.32 Å².